The third-order valence-corrected chi connectivity index (χ3v) is 4.71. The van der Waals surface area contributed by atoms with Crippen LogP contribution in [0, 0.1) is 0 Å². The summed E-state index contributed by atoms with van der Waals surface area (Å²) < 4.78 is 13.1. The lowest BCUT2D eigenvalue weighted by Gasteiger charge is -2.17. The fraction of sp³-hybridized carbons (Fsp3) is 0.667. The molecule has 0 spiro atoms. The first-order valence-corrected chi connectivity index (χ1v) is 8.25. The first-order valence-electron chi connectivity index (χ1n) is 8.25. The third kappa shape index (κ3) is 2.63. The topological polar surface area (TPSA) is 129 Å². The van der Waals surface area contributed by atoms with Gasteiger partial charge in [-0.15, -0.1) is 0 Å². The molecule has 4 rings (SSSR count). The molecule has 0 unspecified atom stereocenters. The van der Waals surface area contributed by atoms with E-state index in [1.165, 1.54) is 6.33 Å². The van der Waals surface area contributed by atoms with Crippen molar-refractivity contribution in [2.75, 3.05) is 6.54 Å². The SMILES string of the molecule is NC[C@H]1O[C@@H](n2cnc3cnc(OC4CCCC4)nc32)[C@H](O)[C@@H]1O. The minimum absolute atomic E-state index is 0.117. The summed E-state index contributed by atoms with van der Waals surface area (Å²) in [6, 6.07) is 0.291. The molecule has 1 aliphatic heterocycles. The number of aromatic nitrogens is 4. The first-order chi connectivity index (χ1) is 11.7. The van der Waals surface area contributed by atoms with Crippen LogP contribution in [0.4, 0.5) is 0 Å². The van der Waals surface area contributed by atoms with Gasteiger partial charge in [0, 0.05) is 6.54 Å². The average molecular weight is 335 g/mol. The molecule has 2 aliphatic rings. The van der Waals surface area contributed by atoms with E-state index in [1.54, 1.807) is 10.8 Å². The van der Waals surface area contributed by atoms with Gasteiger partial charge in [-0.1, -0.05) is 0 Å². The number of aliphatic hydroxyl groups excluding tert-OH is 2. The Hall–Kier alpha value is -1.81. The molecular formula is C15H21N5O4. The van der Waals surface area contributed by atoms with Crippen molar-refractivity contribution in [3.05, 3.63) is 12.5 Å². The van der Waals surface area contributed by atoms with Gasteiger partial charge in [-0.3, -0.25) is 4.57 Å². The van der Waals surface area contributed by atoms with Crippen molar-refractivity contribution < 1.29 is 19.7 Å². The number of ether oxygens (including phenoxy) is 2. The highest BCUT2D eigenvalue weighted by atomic mass is 16.6. The standard InChI is InChI=1S/C15H21N5O4/c16-5-10-11(21)12(22)14(24-10)20-7-18-9-6-17-15(19-13(9)20)23-8-3-1-2-4-8/h6-8,10-12,14,21-22H,1-5,16H2/t10-,11-,12-,14-/m1/s1. The van der Waals surface area contributed by atoms with Crippen LogP contribution in [0.5, 0.6) is 6.01 Å². The normalized spacial score (nSPS) is 31.1. The van der Waals surface area contributed by atoms with E-state index in [0.717, 1.165) is 25.7 Å². The minimum atomic E-state index is -1.11. The number of fused-ring (bicyclic) bond motifs is 1. The third-order valence-electron chi connectivity index (χ3n) is 4.71. The quantitative estimate of drug-likeness (QED) is 0.696. The van der Waals surface area contributed by atoms with Gasteiger partial charge >= 0.3 is 6.01 Å². The number of hydrogen-bond acceptors (Lipinski definition) is 8. The maximum Gasteiger partial charge on any atom is 0.318 e. The van der Waals surface area contributed by atoms with Gasteiger partial charge in [-0.05, 0) is 25.7 Å². The lowest BCUT2D eigenvalue weighted by atomic mass is 10.1. The molecule has 1 saturated carbocycles. The zero-order valence-corrected chi connectivity index (χ0v) is 13.2. The van der Waals surface area contributed by atoms with Crippen molar-refractivity contribution in [3.8, 4) is 6.01 Å². The van der Waals surface area contributed by atoms with Gasteiger partial charge in [0.2, 0.25) is 0 Å². The molecule has 4 atom stereocenters. The molecule has 9 heteroatoms. The Bertz CT molecular complexity index is 717. The molecule has 1 saturated heterocycles. The molecule has 1 aliphatic carbocycles. The summed E-state index contributed by atoms with van der Waals surface area (Å²) in [5.74, 6) is 0. The van der Waals surface area contributed by atoms with Crippen molar-refractivity contribution in [2.45, 2.75) is 56.3 Å². The molecule has 9 nitrogen and oxygen atoms in total. The maximum absolute atomic E-state index is 10.2. The van der Waals surface area contributed by atoms with Crippen molar-refractivity contribution in [1.29, 1.82) is 0 Å². The second-order valence-electron chi connectivity index (χ2n) is 6.32. The second kappa shape index (κ2) is 6.25. The smallest absolute Gasteiger partial charge is 0.318 e. The van der Waals surface area contributed by atoms with Crippen LogP contribution in [0.15, 0.2) is 12.5 Å². The molecule has 24 heavy (non-hydrogen) atoms. The van der Waals surface area contributed by atoms with E-state index in [1.807, 2.05) is 0 Å². The zero-order chi connectivity index (χ0) is 16.7. The number of rotatable bonds is 4. The van der Waals surface area contributed by atoms with E-state index in [0.29, 0.717) is 17.2 Å². The van der Waals surface area contributed by atoms with Crippen molar-refractivity contribution in [1.82, 2.24) is 19.5 Å². The van der Waals surface area contributed by atoms with E-state index in [2.05, 4.69) is 15.0 Å². The summed E-state index contributed by atoms with van der Waals surface area (Å²) in [7, 11) is 0. The van der Waals surface area contributed by atoms with E-state index >= 15 is 0 Å². The van der Waals surface area contributed by atoms with Crippen molar-refractivity contribution >= 4 is 11.2 Å². The predicted octanol–water partition coefficient (Wildman–Crippen LogP) is -0.274. The molecule has 2 aromatic heterocycles. The molecule has 3 heterocycles. The fourth-order valence-corrected chi connectivity index (χ4v) is 3.36. The molecule has 0 amide bonds. The van der Waals surface area contributed by atoms with Gasteiger partial charge in [0.05, 0.1) is 12.5 Å². The van der Waals surface area contributed by atoms with Crippen LogP contribution >= 0.6 is 0 Å². The van der Waals surface area contributed by atoms with Gasteiger partial charge in [0.15, 0.2) is 11.9 Å². The lowest BCUT2D eigenvalue weighted by molar-refractivity contribution is -0.0322. The highest BCUT2D eigenvalue weighted by Gasteiger charge is 2.43. The summed E-state index contributed by atoms with van der Waals surface area (Å²) in [6.45, 7) is 0.117. The highest BCUT2D eigenvalue weighted by Crippen LogP contribution is 2.31. The summed E-state index contributed by atoms with van der Waals surface area (Å²) in [4.78, 5) is 12.8. The first kappa shape index (κ1) is 15.7. The molecular weight excluding hydrogens is 314 g/mol. The average Bonchev–Trinajstić information content (AvgIpc) is 3.29. The van der Waals surface area contributed by atoms with Crippen LogP contribution in [-0.2, 0) is 4.74 Å². The van der Waals surface area contributed by atoms with Crippen LogP contribution in [0.1, 0.15) is 31.9 Å². The van der Waals surface area contributed by atoms with Crippen LogP contribution in [-0.4, -0.2) is 60.7 Å². The number of aliphatic hydroxyl groups is 2. The number of imidazole rings is 1. The monoisotopic (exact) mass is 335 g/mol. The van der Waals surface area contributed by atoms with E-state index in [-0.39, 0.29) is 12.6 Å². The number of nitrogens with two attached hydrogens (primary N) is 1. The summed E-state index contributed by atoms with van der Waals surface area (Å²) in [5, 5.41) is 20.2. The number of hydrogen-bond donors (Lipinski definition) is 3. The molecule has 0 radical (unpaired) electrons. The zero-order valence-electron chi connectivity index (χ0n) is 13.2. The molecule has 2 aromatic rings. The van der Waals surface area contributed by atoms with E-state index < -0.39 is 24.5 Å². The molecule has 130 valence electrons. The summed E-state index contributed by atoms with van der Waals surface area (Å²) in [5.41, 5.74) is 6.62. The second-order valence-corrected chi connectivity index (χ2v) is 6.32. The Morgan fingerprint density at radius 2 is 2.04 bits per heavy atom. The Morgan fingerprint density at radius 3 is 2.75 bits per heavy atom. The molecule has 0 bridgehead atoms. The minimum Gasteiger partial charge on any atom is -0.460 e. The van der Waals surface area contributed by atoms with Gasteiger partial charge in [0.1, 0.15) is 29.9 Å². The van der Waals surface area contributed by atoms with Crippen molar-refractivity contribution in [3.63, 3.8) is 0 Å². The van der Waals surface area contributed by atoms with Gasteiger partial charge in [0.25, 0.3) is 0 Å². The summed E-state index contributed by atoms with van der Waals surface area (Å²) >= 11 is 0. The van der Waals surface area contributed by atoms with E-state index in [9.17, 15) is 10.2 Å². The Morgan fingerprint density at radius 1 is 1.25 bits per heavy atom. The Labute approximate surface area is 138 Å². The maximum atomic E-state index is 10.2. The van der Waals surface area contributed by atoms with Crippen molar-refractivity contribution in [2.24, 2.45) is 5.73 Å². The van der Waals surface area contributed by atoms with Crippen LogP contribution in [0.25, 0.3) is 11.2 Å². The number of nitrogens with zero attached hydrogens (tertiary/aromatic N) is 4. The lowest BCUT2D eigenvalue weighted by Crippen LogP contribution is -2.35. The molecule has 2 fully saturated rings. The Balaban J connectivity index is 1.63. The largest absolute Gasteiger partial charge is 0.460 e. The van der Waals surface area contributed by atoms with Crippen LogP contribution in [0.2, 0.25) is 0 Å². The highest BCUT2D eigenvalue weighted by molar-refractivity contribution is 5.69. The fourth-order valence-electron chi connectivity index (χ4n) is 3.36. The van der Waals surface area contributed by atoms with Crippen LogP contribution < -0.4 is 10.5 Å². The Kier molecular flexibility index (Phi) is 4.09. The predicted molar refractivity (Wildman–Crippen MR) is 83.2 cm³/mol. The molecule has 4 N–H and O–H groups in total. The van der Waals surface area contributed by atoms with E-state index in [4.69, 9.17) is 15.2 Å². The van der Waals surface area contributed by atoms with Gasteiger partial charge < -0.3 is 25.4 Å². The van der Waals surface area contributed by atoms with Gasteiger partial charge in [-0.2, -0.15) is 4.98 Å². The van der Waals surface area contributed by atoms with Crippen LogP contribution in [0.3, 0.4) is 0 Å². The van der Waals surface area contributed by atoms with Gasteiger partial charge in [-0.25, -0.2) is 9.97 Å². The summed E-state index contributed by atoms with van der Waals surface area (Å²) in [6.07, 6.45) is 4.00. The molecule has 0 aromatic carbocycles.